The molecule has 0 saturated heterocycles. The largest absolute Gasteiger partial charge is 0.489 e. The van der Waals surface area contributed by atoms with Gasteiger partial charge in [-0.1, -0.05) is 44.2 Å². The average molecular weight is 425 g/mol. The predicted octanol–water partition coefficient (Wildman–Crippen LogP) is 4.59. The summed E-state index contributed by atoms with van der Waals surface area (Å²) in [5.41, 5.74) is 2.14. The van der Waals surface area contributed by atoms with Gasteiger partial charge in [-0.25, -0.2) is 14.0 Å². The molecule has 0 bridgehead atoms. The van der Waals surface area contributed by atoms with Crippen LogP contribution in [-0.2, 0) is 16.2 Å². The third-order valence-corrected chi connectivity index (χ3v) is 5.23. The van der Waals surface area contributed by atoms with Crippen molar-refractivity contribution in [3.63, 3.8) is 0 Å². The maximum absolute atomic E-state index is 13.2. The second-order valence-electron chi connectivity index (χ2n) is 7.11. The minimum Gasteiger partial charge on any atom is -0.489 e. The summed E-state index contributed by atoms with van der Waals surface area (Å²) in [6, 6.07) is 12.7. The summed E-state index contributed by atoms with van der Waals surface area (Å²) in [5.74, 6) is -3.34. The topological polar surface area (TPSA) is 95.9 Å². The maximum atomic E-state index is 13.2. The molecule has 1 heterocycles. The van der Waals surface area contributed by atoms with Gasteiger partial charge >= 0.3 is 11.9 Å². The van der Waals surface area contributed by atoms with Crippen molar-refractivity contribution < 1.29 is 28.9 Å². The van der Waals surface area contributed by atoms with Crippen molar-refractivity contribution >= 4 is 11.9 Å². The van der Waals surface area contributed by atoms with Crippen LogP contribution in [0.4, 0.5) is 4.39 Å². The van der Waals surface area contributed by atoms with Crippen LogP contribution in [-0.4, -0.2) is 22.2 Å². The van der Waals surface area contributed by atoms with Crippen LogP contribution >= 0.6 is 0 Å². The fraction of sp³-hybridized carbons (Fsp3) is 0.250. The smallest absolute Gasteiger partial charge is 0.334 e. The normalized spacial score (nSPS) is 14.4. The zero-order valence-corrected chi connectivity index (χ0v) is 17.3. The standard InChI is InChI=1S/C24H24FNO5/c1-3-17-21(23(27)28)20(22(24(29)30)18(4-2)26-17)16-7-5-6-8-19(16)31-13-14-9-11-15(25)12-10-14/h5-12,20,26H,3-4,13H2,1-2H3,(H,27,28)(H,29,30). The molecular formula is C24H24FNO5. The molecule has 7 heteroatoms. The Morgan fingerprint density at radius 1 is 0.935 bits per heavy atom. The van der Waals surface area contributed by atoms with E-state index >= 15 is 0 Å². The number of ether oxygens (including phenoxy) is 1. The van der Waals surface area contributed by atoms with Crippen LogP contribution in [0.25, 0.3) is 0 Å². The Labute approximate surface area is 179 Å². The van der Waals surface area contributed by atoms with Gasteiger partial charge in [-0.15, -0.1) is 0 Å². The van der Waals surface area contributed by atoms with Gasteiger partial charge in [0.25, 0.3) is 0 Å². The minimum atomic E-state index is -1.18. The number of benzene rings is 2. The van der Waals surface area contributed by atoms with Crippen LogP contribution in [0.15, 0.2) is 71.1 Å². The second kappa shape index (κ2) is 9.47. The van der Waals surface area contributed by atoms with Gasteiger partial charge in [0.05, 0.1) is 17.1 Å². The molecule has 0 spiro atoms. The van der Waals surface area contributed by atoms with Crippen LogP contribution in [0, 0.1) is 5.82 Å². The quantitative estimate of drug-likeness (QED) is 0.573. The molecule has 1 aliphatic rings. The molecule has 0 unspecified atom stereocenters. The van der Waals surface area contributed by atoms with Crippen molar-refractivity contribution in [2.24, 2.45) is 0 Å². The molecule has 162 valence electrons. The first-order valence-electron chi connectivity index (χ1n) is 10.0. The number of carboxylic acid groups (broad SMARTS) is 2. The van der Waals surface area contributed by atoms with Crippen LogP contribution in [0.3, 0.4) is 0 Å². The first kappa shape index (κ1) is 22.1. The van der Waals surface area contributed by atoms with E-state index in [0.29, 0.717) is 35.5 Å². The Hall–Kier alpha value is -3.61. The monoisotopic (exact) mass is 425 g/mol. The number of halogens is 1. The second-order valence-corrected chi connectivity index (χ2v) is 7.11. The molecule has 1 aliphatic heterocycles. The van der Waals surface area contributed by atoms with Gasteiger partial charge in [-0.3, -0.25) is 0 Å². The Morgan fingerprint density at radius 3 is 2.00 bits per heavy atom. The van der Waals surface area contributed by atoms with Gasteiger partial charge in [0.1, 0.15) is 18.2 Å². The molecule has 6 nitrogen and oxygen atoms in total. The minimum absolute atomic E-state index is 0.00469. The lowest BCUT2D eigenvalue weighted by Gasteiger charge is -2.31. The third-order valence-electron chi connectivity index (χ3n) is 5.23. The highest BCUT2D eigenvalue weighted by atomic mass is 19.1. The maximum Gasteiger partial charge on any atom is 0.334 e. The molecule has 3 rings (SSSR count). The number of nitrogens with one attached hydrogen (secondary N) is 1. The van der Waals surface area contributed by atoms with Crippen LogP contribution in [0.1, 0.15) is 43.7 Å². The van der Waals surface area contributed by atoms with E-state index in [4.69, 9.17) is 4.74 Å². The van der Waals surface area contributed by atoms with E-state index in [-0.39, 0.29) is 23.6 Å². The number of carboxylic acids is 2. The van der Waals surface area contributed by atoms with E-state index in [1.54, 1.807) is 36.4 Å². The Morgan fingerprint density at radius 2 is 1.48 bits per heavy atom. The highest BCUT2D eigenvalue weighted by Gasteiger charge is 2.39. The molecule has 2 aromatic rings. The van der Waals surface area contributed by atoms with Crippen LogP contribution in [0.5, 0.6) is 5.75 Å². The number of para-hydroxylation sites is 1. The molecule has 0 saturated carbocycles. The molecule has 0 aromatic heterocycles. The van der Waals surface area contributed by atoms with E-state index in [2.05, 4.69) is 5.32 Å². The number of aliphatic carboxylic acids is 2. The lowest BCUT2D eigenvalue weighted by Crippen LogP contribution is -2.32. The lowest BCUT2D eigenvalue weighted by molar-refractivity contribution is -0.133. The molecule has 31 heavy (non-hydrogen) atoms. The SMILES string of the molecule is CCC1=C(C(=O)O)C(c2ccccc2OCc2ccc(F)cc2)C(C(=O)O)=C(CC)N1. The highest BCUT2D eigenvalue weighted by molar-refractivity contribution is 5.98. The summed E-state index contributed by atoms with van der Waals surface area (Å²) in [6.07, 6.45) is 0.820. The molecule has 0 atom stereocenters. The van der Waals surface area contributed by atoms with E-state index in [1.807, 2.05) is 13.8 Å². The molecule has 0 aliphatic carbocycles. The zero-order valence-electron chi connectivity index (χ0n) is 17.3. The van der Waals surface area contributed by atoms with Gasteiger partial charge in [-0.05, 0) is 36.6 Å². The fourth-order valence-electron chi connectivity index (χ4n) is 3.78. The molecule has 0 radical (unpaired) electrons. The molecule has 0 amide bonds. The molecule has 0 fully saturated rings. The number of allylic oxidation sites excluding steroid dienone is 2. The molecule has 2 aromatic carbocycles. The number of hydrogen-bond donors (Lipinski definition) is 3. The predicted molar refractivity (Wildman–Crippen MR) is 113 cm³/mol. The van der Waals surface area contributed by atoms with Crippen LogP contribution in [0.2, 0.25) is 0 Å². The van der Waals surface area contributed by atoms with Gasteiger partial charge in [0.15, 0.2) is 0 Å². The Kier molecular flexibility index (Phi) is 6.74. The summed E-state index contributed by atoms with van der Waals surface area (Å²) in [7, 11) is 0. The van der Waals surface area contributed by atoms with Gasteiger partial charge in [-0.2, -0.15) is 0 Å². The van der Waals surface area contributed by atoms with Gasteiger partial charge < -0.3 is 20.3 Å². The highest BCUT2D eigenvalue weighted by Crippen LogP contribution is 2.43. The first-order valence-corrected chi connectivity index (χ1v) is 10.0. The number of rotatable bonds is 8. The van der Waals surface area contributed by atoms with Crippen molar-refractivity contribution in [2.45, 2.75) is 39.2 Å². The number of carbonyl (C=O) groups is 2. The lowest BCUT2D eigenvalue weighted by atomic mass is 9.79. The zero-order chi connectivity index (χ0) is 22.5. The molecule has 3 N–H and O–H groups in total. The average Bonchev–Trinajstić information content (AvgIpc) is 2.77. The van der Waals surface area contributed by atoms with Crippen molar-refractivity contribution in [2.75, 3.05) is 0 Å². The van der Waals surface area contributed by atoms with Crippen molar-refractivity contribution in [3.8, 4) is 5.75 Å². The first-order chi connectivity index (χ1) is 14.9. The summed E-state index contributed by atoms with van der Waals surface area (Å²) in [5, 5.41) is 22.9. The van der Waals surface area contributed by atoms with Crippen molar-refractivity contribution in [1.29, 1.82) is 0 Å². The summed E-state index contributed by atoms with van der Waals surface area (Å²) < 4.78 is 19.1. The Bertz CT molecular complexity index is 1020. The van der Waals surface area contributed by atoms with E-state index < -0.39 is 17.9 Å². The van der Waals surface area contributed by atoms with E-state index in [0.717, 1.165) is 5.56 Å². The van der Waals surface area contributed by atoms with Crippen molar-refractivity contribution in [1.82, 2.24) is 5.32 Å². The number of hydrogen-bond acceptors (Lipinski definition) is 4. The number of dihydropyridines is 1. The van der Waals surface area contributed by atoms with Gasteiger partial charge in [0.2, 0.25) is 0 Å². The van der Waals surface area contributed by atoms with Crippen LogP contribution < -0.4 is 10.1 Å². The van der Waals surface area contributed by atoms with Crippen molar-refractivity contribution in [3.05, 3.63) is 88.0 Å². The summed E-state index contributed by atoms with van der Waals surface area (Å²) in [4.78, 5) is 24.4. The van der Waals surface area contributed by atoms with Gasteiger partial charge in [0, 0.05) is 17.0 Å². The van der Waals surface area contributed by atoms with E-state index in [9.17, 15) is 24.2 Å². The summed E-state index contributed by atoms with van der Waals surface area (Å²) >= 11 is 0. The Balaban J connectivity index is 2.10. The fourth-order valence-corrected chi connectivity index (χ4v) is 3.78. The van der Waals surface area contributed by atoms with E-state index in [1.165, 1.54) is 12.1 Å². The molecular weight excluding hydrogens is 401 g/mol. The summed E-state index contributed by atoms with van der Waals surface area (Å²) in [6.45, 7) is 3.76. The third kappa shape index (κ3) is 4.60.